The lowest BCUT2D eigenvalue weighted by Crippen LogP contribution is -2.46. The van der Waals surface area contributed by atoms with Crippen LogP contribution in [0.5, 0.6) is 5.75 Å². The first-order valence-electron chi connectivity index (χ1n) is 6.75. The van der Waals surface area contributed by atoms with Gasteiger partial charge in [-0.25, -0.2) is 4.39 Å². The highest BCUT2D eigenvalue weighted by Crippen LogP contribution is 2.15. The van der Waals surface area contributed by atoms with E-state index in [2.05, 4.69) is 15.5 Å². The van der Waals surface area contributed by atoms with Crippen molar-refractivity contribution in [2.75, 3.05) is 46.4 Å². The first-order valence-corrected chi connectivity index (χ1v) is 6.75. The normalized spacial score (nSPS) is 15.9. The van der Waals surface area contributed by atoms with Crippen molar-refractivity contribution in [3.05, 3.63) is 29.6 Å². The van der Waals surface area contributed by atoms with E-state index < -0.39 is 5.82 Å². The molecule has 6 heteroatoms. The molecule has 0 aliphatic carbocycles. The average molecular weight is 281 g/mol. The summed E-state index contributed by atoms with van der Waals surface area (Å²) < 4.78 is 18.6. The van der Waals surface area contributed by atoms with E-state index in [0.29, 0.717) is 12.3 Å². The van der Waals surface area contributed by atoms with Gasteiger partial charge in [-0.05, 0) is 12.1 Å². The summed E-state index contributed by atoms with van der Waals surface area (Å²) >= 11 is 0. The molecule has 20 heavy (non-hydrogen) atoms. The zero-order chi connectivity index (χ0) is 14.4. The Morgan fingerprint density at radius 1 is 1.45 bits per heavy atom. The fourth-order valence-corrected chi connectivity index (χ4v) is 2.16. The number of carbonyl (C=O) groups is 1. The van der Waals surface area contributed by atoms with E-state index in [0.717, 1.165) is 32.7 Å². The molecular weight excluding hydrogens is 261 g/mol. The van der Waals surface area contributed by atoms with E-state index in [1.165, 1.54) is 19.2 Å². The maximum absolute atomic E-state index is 13.7. The lowest BCUT2D eigenvalue weighted by molar-refractivity contribution is 0.0943. The standard InChI is InChI=1S/C14H20FN3O2/c1-20-11-2-3-12(13(15)10-11)14(19)17-6-9-18-7-4-16-5-8-18/h2-3,10,16H,4-9H2,1H3,(H,17,19). The van der Waals surface area contributed by atoms with E-state index in [1.54, 1.807) is 6.07 Å². The molecule has 0 radical (unpaired) electrons. The first-order chi connectivity index (χ1) is 9.70. The third-order valence-corrected chi connectivity index (χ3v) is 3.34. The molecule has 1 aliphatic heterocycles. The Kier molecular flexibility index (Phi) is 5.31. The molecule has 110 valence electrons. The molecule has 1 aromatic carbocycles. The number of piperazine rings is 1. The number of rotatable bonds is 5. The van der Waals surface area contributed by atoms with Crippen molar-refractivity contribution in [3.63, 3.8) is 0 Å². The minimum atomic E-state index is -0.566. The quantitative estimate of drug-likeness (QED) is 0.824. The molecular formula is C14H20FN3O2. The van der Waals surface area contributed by atoms with Crippen LogP contribution in [-0.2, 0) is 0 Å². The highest BCUT2D eigenvalue weighted by Gasteiger charge is 2.13. The molecule has 0 aromatic heterocycles. The number of hydrogen-bond acceptors (Lipinski definition) is 4. The second kappa shape index (κ2) is 7.21. The Balaban J connectivity index is 1.82. The van der Waals surface area contributed by atoms with Crippen LogP contribution in [0.3, 0.4) is 0 Å². The van der Waals surface area contributed by atoms with Crippen LogP contribution in [0.4, 0.5) is 4.39 Å². The first kappa shape index (κ1) is 14.7. The van der Waals surface area contributed by atoms with Crippen LogP contribution in [-0.4, -0.2) is 57.2 Å². The zero-order valence-electron chi connectivity index (χ0n) is 11.6. The summed E-state index contributed by atoms with van der Waals surface area (Å²) in [5.74, 6) is -0.552. The SMILES string of the molecule is COc1ccc(C(=O)NCCN2CCNCC2)c(F)c1. The molecule has 2 N–H and O–H groups in total. The van der Waals surface area contributed by atoms with Crippen molar-refractivity contribution in [3.8, 4) is 5.75 Å². The van der Waals surface area contributed by atoms with Crippen molar-refractivity contribution in [1.29, 1.82) is 0 Å². The Hall–Kier alpha value is -1.66. The van der Waals surface area contributed by atoms with Crippen molar-refractivity contribution >= 4 is 5.91 Å². The second-order valence-electron chi connectivity index (χ2n) is 4.69. The van der Waals surface area contributed by atoms with Gasteiger partial charge in [-0.2, -0.15) is 0 Å². The zero-order valence-corrected chi connectivity index (χ0v) is 11.6. The molecule has 0 unspecified atom stereocenters. The van der Waals surface area contributed by atoms with Gasteiger partial charge in [-0.3, -0.25) is 9.69 Å². The second-order valence-corrected chi connectivity index (χ2v) is 4.69. The van der Waals surface area contributed by atoms with Crippen LogP contribution in [0.15, 0.2) is 18.2 Å². The van der Waals surface area contributed by atoms with Gasteiger partial charge in [-0.15, -0.1) is 0 Å². The highest BCUT2D eigenvalue weighted by molar-refractivity contribution is 5.94. The Bertz CT molecular complexity index is 462. The fourth-order valence-electron chi connectivity index (χ4n) is 2.16. The predicted octanol–water partition coefficient (Wildman–Crippen LogP) is 0.469. The van der Waals surface area contributed by atoms with Crippen LogP contribution in [0.2, 0.25) is 0 Å². The summed E-state index contributed by atoms with van der Waals surface area (Å²) in [6, 6.07) is 4.23. The van der Waals surface area contributed by atoms with Crippen LogP contribution in [0, 0.1) is 5.82 Å². The van der Waals surface area contributed by atoms with Gasteiger partial charge < -0.3 is 15.4 Å². The lowest BCUT2D eigenvalue weighted by atomic mass is 10.2. The molecule has 0 bridgehead atoms. The Morgan fingerprint density at radius 2 is 2.20 bits per heavy atom. The summed E-state index contributed by atoms with van der Waals surface area (Å²) in [6.45, 7) is 5.21. The van der Waals surface area contributed by atoms with E-state index in [4.69, 9.17) is 4.74 Å². The van der Waals surface area contributed by atoms with Gasteiger partial charge in [-0.1, -0.05) is 0 Å². The van der Waals surface area contributed by atoms with Crippen LogP contribution in [0.1, 0.15) is 10.4 Å². The molecule has 1 heterocycles. The summed E-state index contributed by atoms with van der Waals surface area (Å²) in [5.41, 5.74) is 0.0473. The molecule has 1 fully saturated rings. The van der Waals surface area contributed by atoms with Gasteiger partial charge in [0.2, 0.25) is 0 Å². The van der Waals surface area contributed by atoms with Gasteiger partial charge in [0.25, 0.3) is 5.91 Å². The number of hydrogen-bond donors (Lipinski definition) is 2. The summed E-state index contributed by atoms with van der Waals surface area (Å²) in [6.07, 6.45) is 0. The lowest BCUT2D eigenvalue weighted by Gasteiger charge is -2.27. The number of ether oxygens (including phenoxy) is 1. The molecule has 5 nitrogen and oxygen atoms in total. The molecule has 1 aromatic rings. The maximum atomic E-state index is 13.7. The molecule has 0 saturated carbocycles. The topological polar surface area (TPSA) is 53.6 Å². The molecule has 1 amide bonds. The van der Waals surface area contributed by atoms with Gasteiger partial charge in [0.1, 0.15) is 11.6 Å². The van der Waals surface area contributed by atoms with Gasteiger partial charge in [0, 0.05) is 45.3 Å². The third-order valence-electron chi connectivity index (χ3n) is 3.34. The number of nitrogens with zero attached hydrogens (tertiary/aromatic N) is 1. The van der Waals surface area contributed by atoms with Crippen molar-refractivity contribution < 1.29 is 13.9 Å². The maximum Gasteiger partial charge on any atom is 0.254 e. The minimum absolute atomic E-state index is 0.0473. The molecule has 0 spiro atoms. The molecule has 0 atom stereocenters. The summed E-state index contributed by atoms with van der Waals surface area (Å²) in [7, 11) is 1.46. The van der Waals surface area contributed by atoms with Crippen molar-refractivity contribution in [2.24, 2.45) is 0 Å². The fraction of sp³-hybridized carbons (Fsp3) is 0.500. The number of carbonyl (C=O) groups excluding carboxylic acids is 1. The van der Waals surface area contributed by atoms with Gasteiger partial charge >= 0.3 is 0 Å². The Morgan fingerprint density at radius 3 is 2.85 bits per heavy atom. The van der Waals surface area contributed by atoms with E-state index in [9.17, 15) is 9.18 Å². The summed E-state index contributed by atoms with van der Waals surface area (Å²) in [5, 5.41) is 6.01. The average Bonchev–Trinajstić information content (AvgIpc) is 2.48. The smallest absolute Gasteiger partial charge is 0.254 e. The molecule has 1 saturated heterocycles. The van der Waals surface area contributed by atoms with Crippen molar-refractivity contribution in [1.82, 2.24) is 15.5 Å². The largest absolute Gasteiger partial charge is 0.497 e. The minimum Gasteiger partial charge on any atom is -0.497 e. The number of amides is 1. The van der Waals surface area contributed by atoms with Crippen molar-refractivity contribution in [2.45, 2.75) is 0 Å². The number of benzene rings is 1. The number of halogens is 1. The predicted molar refractivity (Wildman–Crippen MR) is 74.6 cm³/mol. The van der Waals surface area contributed by atoms with E-state index >= 15 is 0 Å². The number of nitrogens with one attached hydrogen (secondary N) is 2. The molecule has 2 rings (SSSR count). The summed E-state index contributed by atoms with van der Waals surface area (Å²) in [4.78, 5) is 14.1. The van der Waals surface area contributed by atoms with Gasteiger partial charge in [0.15, 0.2) is 0 Å². The Labute approximate surface area is 118 Å². The van der Waals surface area contributed by atoms with E-state index in [1.807, 2.05) is 0 Å². The highest BCUT2D eigenvalue weighted by atomic mass is 19.1. The van der Waals surface area contributed by atoms with E-state index in [-0.39, 0.29) is 11.5 Å². The van der Waals surface area contributed by atoms with Gasteiger partial charge in [0.05, 0.1) is 12.7 Å². The van der Waals surface area contributed by atoms with Crippen LogP contribution < -0.4 is 15.4 Å². The van der Waals surface area contributed by atoms with Crippen LogP contribution in [0.25, 0.3) is 0 Å². The molecule has 1 aliphatic rings. The monoisotopic (exact) mass is 281 g/mol. The van der Waals surface area contributed by atoms with Crippen LogP contribution >= 0.6 is 0 Å². The third kappa shape index (κ3) is 3.91. The number of methoxy groups -OCH3 is 1.